The van der Waals surface area contributed by atoms with E-state index in [1.165, 1.54) is 11.3 Å². The molecule has 24 heavy (non-hydrogen) atoms. The first-order valence-corrected chi connectivity index (χ1v) is 9.03. The van der Waals surface area contributed by atoms with E-state index in [4.69, 9.17) is 0 Å². The van der Waals surface area contributed by atoms with E-state index < -0.39 is 5.97 Å². The maximum atomic E-state index is 12.7. The summed E-state index contributed by atoms with van der Waals surface area (Å²) >= 11 is 1.39. The second-order valence-electron chi connectivity index (χ2n) is 7.11. The lowest BCUT2D eigenvalue weighted by Gasteiger charge is -2.50. The lowest BCUT2D eigenvalue weighted by atomic mass is 9.61. The van der Waals surface area contributed by atoms with Gasteiger partial charge in [-0.25, -0.2) is 4.79 Å². The zero-order chi connectivity index (χ0) is 17.1. The molecule has 1 saturated heterocycles. The first kappa shape index (κ1) is 15.7. The van der Waals surface area contributed by atoms with Crippen LogP contribution in [0.25, 0.3) is 10.2 Å². The molecule has 0 unspecified atom stereocenters. The van der Waals surface area contributed by atoms with E-state index in [0.717, 1.165) is 35.3 Å². The predicted molar refractivity (Wildman–Crippen MR) is 90.7 cm³/mol. The normalized spacial score (nSPS) is 20.5. The van der Waals surface area contributed by atoms with E-state index in [2.05, 4.69) is 4.98 Å². The quantitative estimate of drug-likeness (QED) is 0.778. The van der Waals surface area contributed by atoms with Crippen molar-refractivity contribution in [2.45, 2.75) is 38.7 Å². The number of rotatable bonds is 2. The fourth-order valence-corrected chi connectivity index (χ4v) is 5.22. The van der Waals surface area contributed by atoms with Gasteiger partial charge in [-0.3, -0.25) is 4.79 Å². The van der Waals surface area contributed by atoms with Gasteiger partial charge >= 0.3 is 5.97 Å². The summed E-state index contributed by atoms with van der Waals surface area (Å²) in [5.74, 6) is -1.04. The molecule has 1 aliphatic heterocycles. The predicted octanol–water partition coefficient (Wildman–Crippen LogP) is 2.61. The number of aryl methyl sites for hydroxylation is 1. The number of aliphatic hydroxyl groups is 1. The molecular formula is C17H20N2O4S. The van der Waals surface area contributed by atoms with Crippen LogP contribution in [0.4, 0.5) is 0 Å². The SMILES string of the molecule is Cc1sc2cc(C(=O)N3CCC4(CC3)CC(O)C4)[nH]c2c1C(=O)O. The molecule has 3 N–H and O–H groups in total. The minimum Gasteiger partial charge on any atom is -0.478 e. The van der Waals surface area contributed by atoms with Crippen LogP contribution >= 0.6 is 11.3 Å². The van der Waals surface area contributed by atoms with Crippen LogP contribution in [-0.2, 0) is 0 Å². The Balaban J connectivity index is 1.53. The number of piperidine rings is 1. The Hall–Kier alpha value is -1.86. The lowest BCUT2D eigenvalue weighted by molar-refractivity contribution is -0.0637. The van der Waals surface area contributed by atoms with Crippen molar-refractivity contribution in [1.82, 2.24) is 9.88 Å². The summed E-state index contributed by atoms with van der Waals surface area (Å²) in [5, 5.41) is 18.9. The third-order valence-corrected chi connectivity index (χ3v) is 6.59. The number of nitrogens with one attached hydrogen (secondary N) is 1. The summed E-state index contributed by atoms with van der Waals surface area (Å²) < 4.78 is 0.809. The average Bonchev–Trinajstić information content (AvgIpc) is 3.01. The highest BCUT2D eigenvalue weighted by molar-refractivity contribution is 7.19. The molecule has 2 aromatic rings. The molecule has 2 aliphatic rings. The van der Waals surface area contributed by atoms with Crippen molar-refractivity contribution in [3.8, 4) is 0 Å². The number of carbonyl (C=O) groups is 2. The third-order valence-electron chi connectivity index (χ3n) is 5.54. The largest absolute Gasteiger partial charge is 0.478 e. The van der Waals surface area contributed by atoms with Crippen molar-refractivity contribution < 1.29 is 19.8 Å². The highest BCUT2D eigenvalue weighted by atomic mass is 32.1. The minimum atomic E-state index is -0.969. The molecule has 0 radical (unpaired) electrons. The fraction of sp³-hybridized carbons (Fsp3) is 0.529. The number of aromatic carboxylic acids is 1. The van der Waals surface area contributed by atoms with Crippen LogP contribution in [0.5, 0.6) is 0 Å². The van der Waals surface area contributed by atoms with Crippen molar-refractivity contribution in [3.05, 3.63) is 22.2 Å². The Morgan fingerprint density at radius 1 is 1.33 bits per heavy atom. The smallest absolute Gasteiger partial charge is 0.338 e. The van der Waals surface area contributed by atoms with Gasteiger partial charge < -0.3 is 20.1 Å². The van der Waals surface area contributed by atoms with Gasteiger partial charge in [-0.05, 0) is 44.1 Å². The standard InChI is InChI=1S/C17H20N2O4S/c1-9-13(16(22)23)14-12(24-9)6-11(18-14)15(21)19-4-2-17(3-5-19)7-10(20)8-17/h6,10,18,20H,2-5,7-8H2,1H3,(H,22,23). The molecular weight excluding hydrogens is 328 g/mol. The molecule has 1 spiro atoms. The second kappa shape index (κ2) is 5.32. The number of aromatic amines is 1. The maximum Gasteiger partial charge on any atom is 0.338 e. The molecule has 1 amide bonds. The Bertz CT molecular complexity index is 821. The van der Waals surface area contributed by atoms with Crippen LogP contribution in [0, 0.1) is 12.3 Å². The molecule has 6 nitrogen and oxygen atoms in total. The van der Waals surface area contributed by atoms with Crippen molar-refractivity contribution >= 4 is 33.4 Å². The molecule has 7 heteroatoms. The number of carbonyl (C=O) groups excluding carboxylic acids is 1. The van der Waals surface area contributed by atoms with Gasteiger partial charge in [0.15, 0.2) is 0 Å². The summed E-state index contributed by atoms with van der Waals surface area (Å²) in [6, 6.07) is 1.76. The van der Waals surface area contributed by atoms with Crippen molar-refractivity contribution in [1.29, 1.82) is 0 Å². The summed E-state index contributed by atoms with van der Waals surface area (Å²) in [6.45, 7) is 3.17. The van der Waals surface area contributed by atoms with Gasteiger partial charge in [0.1, 0.15) is 5.69 Å². The average molecular weight is 348 g/mol. The molecule has 2 fully saturated rings. The number of likely N-dealkylation sites (tertiary alicyclic amines) is 1. The van der Waals surface area contributed by atoms with Crippen molar-refractivity contribution in [2.24, 2.45) is 5.41 Å². The molecule has 0 aromatic carbocycles. The van der Waals surface area contributed by atoms with Crippen LogP contribution in [0.1, 0.15) is 51.4 Å². The first-order chi connectivity index (χ1) is 11.4. The van der Waals surface area contributed by atoms with Gasteiger partial charge in [0.25, 0.3) is 5.91 Å². The number of aromatic nitrogens is 1. The minimum absolute atomic E-state index is 0.0675. The monoisotopic (exact) mass is 348 g/mol. The van der Waals surface area contributed by atoms with Crippen LogP contribution in [0.3, 0.4) is 0 Å². The highest BCUT2D eigenvalue weighted by Gasteiger charge is 2.45. The summed E-state index contributed by atoms with van der Waals surface area (Å²) in [5.41, 5.74) is 1.50. The van der Waals surface area contributed by atoms with Gasteiger partial charge in [-0.1, -0.05) is 0 Å². The number of hydrogen-bond acceptors (Lipinski definition) is 4. The summed E-state index contributed by atoms with van der Waals surface area (Å²) in [7, 11) is 0. The van der Waals surface area contributed by atoms with Crippen molar-refractivity contribution in [2.75, 3.05) is 13.1 Å². The molecule has 1 saturated carbocycles. The zero-order valence-electron chi connectivity index (χ0n) is 13.5. The molecule has 2 aromatic heterocycles. The van der Waals surface area contributed by atoms with E-state index in [9.17, 15) is 19.8 Å². The lowest BCUT2D eigenvalue weighted by Crippen LogP contribution is -2.50. The van der Waals surface area contributed by atoms with Gasteiger partial charge in [0.05, 0.1) is 21.9 Å². The number of carboxylic acids is 1. The Morgan fingerprint density at radius 2 is 2.00 bits per heavy atom. The number of aliphatic hydroxyl groups excluding tert-OH is 1. The van der Waals surface area contributed by atoms with Crippen molar-refractivity contribution in [3.63, 3.8) is 0 Å². The second-order valence-corrected chi connectivity index (χ2v) is 8.37. The third kappa shape index (κ3) is 2.34. The van der Waals surface area contributed by atoms with Gasteiger partial charge in [0, 0.05) is 18.0 Å². The molecule has 0 atom stereocenters. The number of hydrogen-bond donors (Lipinski definition) is 3. The molecule has 128 valence electrons. The van der Waals surface area contributed by atoms with Gasteiger partial charge in [-0.15, -0.1) is 11.3 Å². The van der Waals surface area contributed by atoms with Crippen LogP contribution < -0.4 is 0 Å². The number of fused-ring (bicyclic) bond motifs is 1. The number of nitrogens with zero attached hydrogens (tertiary/aromatic N) is 1. The molecule has 3 heterocycles. The van der Waals surface area contributed by atoms with E-state index in [1.807, 2.05) is 4.90 Å². The van der Waals surface area contributed by atoms with E-state index in [0.29, 0.717) is 24.3 Å². The number of carboxylic acid groups (broad SMARTS) is 1. The summed E-state index contributed by atoms with van der Waals surface area (Å²) in [4.78, 5) is 29.7. The molecule has 0 bridgehead atoms. The Kier molecular flexibility index (Phi) is 3.47. The first-order valence-electron chi connectivity index (χ1n) is 8.21. The maximum absolute atomic E-state index is 12.7. The van der Waals surface area contributed by atoms with Gasteiger partial charge in [-0.2, -0.15) is 0 Å². The topological polar surface area (TPSA) is 93.6 Å². The number of H-pyrrole nitrogens is 1. The van der Waals surface area contributed by atoms with E-state index >= 15 is 0 Å². The van der Waals surface area contributed by atoms with E-state index in [1.54, 1.807) is 13.0 Å². The fourth-order valence-electron chi connectivity index (χ4n) is 4.17. The van der Waals surface area contributed by atoms with Gasteiger partial charge in [0.2, 0.25) is 0 Å². The Morgan fingerprint density at radius 3 is 2.58 bits per heavy atom. The molecule has 1 aliphatic carbocycles. The highest BCUT2D eigenvalue weighted by Crippen LogP contribution is 2.49. The Labute approximate surface area is 143 Å². The molecule has 4 rings (SSSR count). The summed E-state index contributed by atoms with van der Waals surface area (Å²) in [6.07, 6.45) is 3.41. The van der Waals surface area contributed by atoms with E-state index in [-0.39, 0.29) is 23.0 Å². The number of thiophene rings is 1. The number of amides is 1. The van der Waals surface area contributed by atoms with Crippen LogP contribution in [0.15, 0.2) is 6.07 Å². The van der Waals surface area contributed by atoms with Crippen LogP contribution in [0.2, 0.25) is 0 Å². The van der Waals surface area contributed by atoms with Crippen LogP contribution in [-0.4, -0.2) is 51.2 Å². The zero-order valence-corrected chi connectivity index (χ0v) is 14.3.